The number of rotatable bonds is 3. The molecule has 4 aliphatic rings. The van der Waals surface area contributed by atoms with Crippen LogP contribution in [0.25, 0.3) is 0 Å². The van der Waals surface area contributed by atoms with Gasteiger partial charge < -0.3 is 9.47 Å². The van der Waals surface area contributed by atoms with E-state index in [1.54, 1.807) is 0 Å². The van der Waals surface area contributed by atoms with E-state index in [-0.39, 0.29) is 0 Å². The highest BCUT2D eigenvalue weighted by Gasteiger charge is 2.42. The van der Waals surface area contributed by atoms with Crippen molar-refractivity contribution >= 4 is 11.4 Å². The van der Waals surface area contributed by atoms with E-state index in [1.807, 2.05) is 14.2 Å². The van der Waals surface area contributed by atoms with Crippen LogP contribution in [0.3, 0.4) is 0 Å². The number of methoxy groups -OCH3 is 2. The third-order valence-corrected chi connectivity index (χ3v) is 6.54. The predicted octanol–water partition coefficient (Wildman–Crippen LogP) is 3.45. The van der Waals surface area contributed by atoms with Crippen molar-refractivity contribution in [2.75, 3.05) is 14.2 Å². The van der Waals surface area contributed by atoms with Gasteiger partial charge in [-0.25, -0.2) is 0 Å². The maximum absolute atomic E-state index is 5.58. The molecular weight excluding hydrogens is 276 g/mol. The molecule has 4 fully saturated rings. The minimum atomic E-state index is 0.442. The Labute approximate surface area is 133 Å². The summed E-state index contributed by atoms with van der Waals surface area (Å²) in [5, 5.41) is 9.60. The van der Waals surface area contributed by atoms with Gasteiger partial charge in [-0.2, -0.15) is 10.2 Å². The molecule has 2 unspecified atom stereocenters. The minimum Gasteiger partial charge on any atom is -0.381 e. The Hall–Kier alpha value is -0.740. The SMILES string of the molecule is COC1C[C@H]2CC[C@@H](C1)C2=NN=C1[C@@H]2CC[C@H]1CC(OC)C2. The molecule has 122 valence electrons. The van der Waals surface area contributed by atoms with Crippen LogP contribution < -0.4 is 0 Å². The first kappa shape index (κ1) is 14.8. The van der Waals surface area contributed by atoms with Crippen molar-refractivity contribution in [2.24, 2.45) is 33.9 Å². The van der Waals surface area contributed by atoms with Crippen LogP contribution in [0, 0.1) is 23.7 Å². The Morgan fingerprint density at radius 3 is 1.23 bits per heavy atom. The number of hydrogen-bond donors (Lipinski definition) is 0. The summed E-state index contributed by atoms with van der Waals surface area (Å²) < 4.78 is 11.2. The normalized spacial score (nSPS) is 47.5. The molecule has 0 N–H and O–H groups in total. The quantitative estimate of drug-likeness (QED) is 0.749. The van der Waals surface area contributed by atoms with Gasteiger partial charge in [-0.05, 0) is 51.4 Å². The minimum absolute atomic E-state index is 0.442. The van der Waals surface area contributed by atoms with Gasteiger partial charge in [0.2, 0.25) is 0 Å². The molecule has 4 saturated carbocycles. The third-order valence-electron chi connectivity index (χ3n) is 6.54. The van der Waals surface area contributed by atoms with E-state index in [0.29, 0.717) is 35.9 Å². The second kappa shape index (κ2) is 6.04. The van der Waals surface area contributed by atoms with Crippen LogP contribution in [0.1, 0.15) is 51.4 Å². The van der Waals surface area contributed by atoms with Crippen molar-refractivity contribution in [1.29, 1.82) is 0 Å². The standard InChI is InChI=1S/C18H28N2O2/c1-21-15-7-11-3-4-12(8-15)17(11)19-20-18-13-5-6-14(18)10-16(9-13)22-2/h11-16H,3-10H2,1-2H3/t11-,12+,13-,14+,15?,16?. The average Bonchev–Trinajstić information content (AvgIpc) is 2.92. The Bertz CT molecular complexity index is 411. The monoisotopic (exact) mass is 304 g/mol. The van der Waals surface area contributed by atoms with Crippen LogP contribution in [-0.4, -0.2) is 37.9 Å². The molecule has 0 saturated heterocycles. The molecular formula is C18H28N2O2. The molecule has 0 aromatic carbocycles. The van der Waals surface area contributed by atoms with Gasteiger partial charge in [-0.15, -0.1) is 0 Å². The zero-order valence-electron chi connectivity index (χ0n) is 13.8. The van der Waals surface area contributed by atoms with Gasteiger partial charge in [-0.1, -0.05) is 0 Å². The first-order valence-corrected chi connectivity index (χ1v) is 8.99. The van der Waals surface area contributed by atoms with Gasteiger partial charge in [0.05, 0.1) is 12.2 Å². The van der Waals surface area contributed by atoms with Gasteiger partial charge in [0.25, 0.3) is 0 Å². The molecule has 0 aromatic rings. The number of ether oxygens (including phenoxy) is 2. The Balaban J connectivity index is 1.50. The summed E-state index contributed by atoms with van der Waals surface area (Å²) in [6.07, 6.45) is 10.6. The van der Waals surface area contributed by atoms with Crippen molar-refractivity contribution < 1.29 is 9.47 Å². The van der Waals surface area contributed by atoms with E-state index >= 15 is 0 Å². The maximum Gasteiger partial charge on any atom is 0.0584 e. The fraction of sp³-hybridized carbons (Fsp3) is 0.889. The largest absolute Gasteiger partial charge is 0.381 e. The Morgan fingerprint density at radius 2 is 0.955 bits per heavy atom. The zero-order chi connectivity index (χ0) is 15.1. The van der Waals surface area contributed by atoms with Gasteiger partial charge in [-0.3, -0.25) is 0 Å². The Morgan fingerprint density at radius 1 is 0.636 bits per heavy atom. The van der Waals surface area contributed by atoms with Crippen LogP contribution in [-0.2, 0) is 9.47 Å². The van der Waals surface area contributed by atoms with Gasteiger partial charge in [0.1, 0.15) is 0 Å². The second-order valence-corrected chi connectivity index (χ2v) is 7.65. The summed E-state index contributed by atoms with van der Waals surface area (Å²) >= 11 is 0. The highest BCUT2D eigenvalue weighted by atomic mass is 16.5. The maximum atomic E-state index is 5.58. The second-order valence-electron chi connectivity index (χ2n) is 7.65. The Kier molecular flexibility index (Phi) is 4.07. The molecule has 4 bridgehead atoms. The summed E-state index contributed by atoms with van der Waals surface area (Å²) in [5.74, 6) is 2.50. The molecule has 0 heterocycles. The smallest absolute Gasteiger partial charge is 0.0584 e. The number of nitrogens with zero attached hydrogens (tertiary/aromatic N) is 2. The zero-order valence-corrected chi connectivity index (χ0v) is 13.8. The number of fused-ring (bicyclic) bond motifs is 4. The summed E-state index contributed by atoms with van der Waals surface area (Å²) in [5.41, 5.74) is 2.77. The molecule has 0 radical (unpaired) electrons. The van der Waals surface area contributed by atoms with Crippen LogP contribution in [0.2, 0.25) is 0 Å². The third kappa shape index (κ3) is 2.54. The molecule has 22 heavy (non-hydrogen) atoms. The molecule has 0 amide bonds. The molecule has 6 atom stereocenters. The molecule has 0 aromatic heterocycles. The average molecular weight is 304 g/mol. The summed E-state index contributed by atoms with van der Waals surface area (Å²) in [7, 11) is 3.69. The van der Waals surface area contributed by atoms with Crippen LogP contribution >= 0.6 is 0 Å². The predicted molar refractivity (Wildman–Crippen MR) is 87.4 cm³/mol. The van der Waals surface area contributed by atoms with E-state index in [4.69, 9.17) is 19.7 Å². The van der Waals surface area contributed by atoms with Crippen LogP contribution in [0.15, 0.2) is 10.2 Å². The van der Waals surface area contributed by atoms with Gasteiger partial charge >= 0.3 is 0 Å². The van der Waals surface area contributed by atoms with Gasteiger partial charge in [0, 0.05) is 49.3 Å². The molecule has 4 aliphatic carbocycles. The lowest BCUT2D eigenvalue weighted by Crippen LogP contribution is -2.32. The van der Waals surface area contributed by atoms with E-state index in [1.165, 1.54) is 37.1 Å². The van der Waals surface area contributed by atoms with Crippen molar-refractivity contribution in [2.45, 2.75) is 63.6 Å². The highest BCUT2D eigenvalue weighted by molar-refractivity contribution is 5.95. The molecule has 4 nitrogen and oxygen atoms in total. The topological polar surface area (TPSA) is 43.2 Å². The lowest BCUT2D eigenvalue weighted by Gasteiger charge is -2.29. The van der Waals surface area contributed by atoms with Crippen molar-refractivity contribution in [3.05, 3.63) is 0 Å². The van der Waals surface area contributed by atoms with Crippen molar-refractivity contribution in [1.82, 2.24) is 0 Å². The fourth-order valence-corrected chi connectivity index (χ4v) is 5.31. The highest BCUT2D eigenvalue weighted by Crippen LogP contribution is 2.43. The van der Waals surface area contributed by atoms with Crippen LogP contribution in [0.4, 0.5) is 0 Å². The van der Waals surface area contributed by atoms with Crippen LogP contribution in [0.5, 0.6) is 0 Å². The lowest BCUT2D eigenvalue weighted by molar-refractivity contribution is 0.0720. The van der Waals surface area contributed by atoms with E-state index in [9.17, 15) is 0 Å². The van der Waals surface area contributed by atoms with Crippen molar-refractivity contribution in [3.8, 4) is 0 Å². The molecule has 4 rings (SSSR count). The molecule has 0 aliphatic heterocycles. The number of hydrogen-bond acceptors (Lipinski definition) is 4. The lowest BCUT2D eigenvalue weighted by atomic mass is 9.84. The van der Waals surface area contributed by atoms with Crippen molar-refractivity contribution in [3.63, 3.8) is 0 Å². The first-order valence-electron chi connectivity index (χ1n) is 8.99. The fourth-order valence-electron chi connectivity index (χ4n) is 5.31. The summed E-state index contributed by atoms with van der Waals surface area (Å²) in [6, 6.07) is 0. The van der Waals surface area contributed by atoms with E-state index in [0.717, 1.165) is 25.7 Å². The summed E-state index contributed by atoms with van der Waals surface area (Å²) in [6.45, 7) is 0. The summed E-state index contributed by atoms with van der Waals surface area (Å²) in [4.78, 5) is 0. The van der Waals surface area contributed by atoms with Gasteiger partial charge in [0.15, 0.2) is 0 Å². The van der Waals surface area contributed by atoms with E-state index in [2.05, 4.69) is 0 Å². The molecule has 4 heteroatoms. The first-order chi connectivity index (χ1) is 10.8. The molecule has 0 spiro atoms. The van der Waals surface area contributed by atoms with E-state index < -0.39 is 0 Å².